The number of hydrogen-bond acceptors (Lipinski definition) is 4. The number of likely N-dealkylation sites (tertiary alicyclic amines) is 1. The van der Waals surface area contributed by atoms with Crippen LogP contribution < -0.4 is 0 Å². The van der Waals surface area contributed by atoms with E-state index in [2.05, 4.69) is 45.6 Å². The third-order valence-electron chi connectivity index (χ3n) is 4.49. The summed E-state index contributed by atoms with van der Waals surface area (Å²) in [5.74, 6) is 0.477. The van der Waals surface area contributed by atoms with Crippen LogP contribution in [-0.4, -0.2) is 32.9 Å². The van der Waals surface area contributed by atoms with Gasteiger partial charge in [-0.25, -0.2) is 0 Å². The Hall–Kier alpha value is -2.40. The van der Waals surface area contributed by atoms with E-state index in [9.17, 15) is 0 Å². The van der Waals surface area contributed by atoms with Gasteiger partial charge in [-0.2, -0.15) is 5.10 Å². The molecule has 118 valence electrons. The maximum Gasteiger partial charge on any atom is 0.124 e. The summed E-state index contributed by atoms with van der Waals surface area (Å²) in [6.07, 6.45) is 4.92. The summed E-state index contributed by atoms with van der Waals surface area (Å²) in [5, 5.41) is 8.75. The van der Waals surface area contributed by atoms with Crippen LogP contribution in [0.5, 0.6) is 0 Å². The van der Waals surface area contributed by atoms with Crippen molar-refractivity contribution in [1.29, 1.82) is 0 Å². The van der Waals surface area contributed by atoms with E-state index in [0.717, 1.165) is 37.4 Å². The highest BCUT2D eigenvalue weighted by atomic mass is 16.5. The quantitative estimate of drug-likeness (QED) is 0.743. The first kappa shape index (κ1) is 14.2. The standard InChI is InChI=1S/C18H20N4O/c1-21-11-16(18(19-21)14-5-3-2-4-6-14)13-22-9-7-15(12-22)17-8-10-23-20-17/h2-6,8,10-11,15H,7,9,12-13H2,1H3. The average Bonchev–Trinajstić information content (AvgIpc) is 3.29. The molecule has 0 aliphatic carbocycles. The van der Waals surface area contributed by atoms with Gasteiger partial charge in [0, 0.05) is 49.4 Å². The lowest BCUT2D eigenvalue weighted by Crippen LogP contribution is -2.20. The van der Waals surface area contributed by atoms with E-state index in [0.29, 0.717) is 5.92 Å². The first-order valence-electron chi connectivity index (χ1n) is 8.00. The molecule has 2 aromatic heterocycles. The molecule has 1 atom stereocenters. The maximum absolute atomic E-state index is 4.98. The van der Waals surface area contributed by atoms with E-state index in [4.69, 9.17) is 4.52 Å². The molecular weight excluding hydrogens is 288 g/mol. The minimum atomic E-state index is 0.477. The fourth-order valence-corrected chi connectivity index (χ4v) is 3.38. The lowest BCUT2D eigenvalue weighted by atomic mass is 10.1. The highest BCUT2D eigenvalue weighted by molar-refractivity contribution is 5.62. The third kappa shape index (κ3) is 2.92. The van der Waals surface area contributed by atoms with Crippen molar-refractivity contribution in [2.75, 3.05) is 13.1 Å². The molecule has 0 saturated carbocycles. The Balaban J connectivity index is 1.52. The predicted molar refractivity (Wildman–Crippen MR) is 87.8 cm³/mol. The molecule has 1 aliphatic heterocycles. The van der Waals surface area contributed by atoms with E-state index < -0.39 is 0 Å². The van der Waals surface area contributed by atoms with Gasteiger partial charge in [0.05, 0.1) is 11.4 Å². The molecule has 23 heavy (non-hydrogen) atoms. The monoisotopic (exact) mass is 308 g/mol. The predicted octanol–water partition coefficient (Wildman–Crippen LogP) is 3.06. The van der Waals surface area contributed by atoms with Gasteiger partial charge >= 0.3 is 0 Å². The van der Waals surface area contributed by atoms with Crippen LogP contribution >= 0.6 is 0 Å². The van der Waals surface area contributed by atoms with Gasteiger partial charge in [-0.3, -0.25) is 9.58 Å². The lowest BCUT2D eigenvalue weighted by molar-refractivity contribution is 0.324. The number of aryl methyl sites for hydroxylation is 1. The molecule has 5 heteroatoms. The van der Waals surface area contributed by atoms with Crippen molar-refractivity contribution >= 4 is 0 Å². The fourth-order valence-electron chi connectivity index (χ4n) is 3.38. The molecule has 0 bridgehead atoms. The van der Waals surface area contributed by atoms with Crippen LogP contribution in [0, 0.1) is 0 Å². The molecule has 0 radical (unpaired) electrons. The second kappa shape index (κ2) is 6.01. The zero-order chi connectivity index (χ0) is 15.6. The summed E-state index contributed by atoms with van der Waals surface area (Å²) in [7, 11) is 1.98. The molecule has 1 saturated heterocycles. The van der Waals surface area contributed by atoms with Crippen molar-refractivity contribution in [3.63, 3.8) is 0 Å². The summed E-state index contributed by atoms with van der Waals surface area (Å²) < 4.78 is 6.88. The number of rotatable bonds is 4. The molecular formula is C18H20N4O. The van der Waals surface area contributed by atoms with Crippen LogP contribution in [0.2, 0.25) is 0 Å². The third-order valence-corrected chi connectivity index (χ3v) is 4.49. The summed E-state index contributed by atoms with van der Waals surface area (Å²) in [5.41, 5.74) is 4.61. The molecule has 3 aromatic rings. The number of nitrogens with zero attached hydrogens (tertiary/aromatic N) is 4. The van der Waals surface area contributed by atoms with Crippen molar-refractivity contribution in [3.05, 3.63) is 60.1 Å². The number of aromatic nitrogens is 3. The summed E-state index contributed by atoms with van der Waals surface area (Å²) in [6, 6.07) is 12.4. The molecule has 0 amide bonds. The molecule has 4 rings (SSSR count). The summed E-state index contributed by atoms with van der Waals surface area (Å²) in [6.45, 7) is 3.03. The van der Waals surface area contributed by atoms with Crippen LogP contribution in [0.3, 0.4) is 0 Å². The first-order chi connectivity index (χ1) is 11.3. The van der Waals surface area contributed by atoms with E-state index >= 15 is 0 Å². The van der Waals surface area contributed by atoms with Crippen molar-refractivity contribution in [3.8, 4) is 11.3 Å². The molecule has 5 nitrogen and oxygen atoms in total. The number of hydrogen-bond donors (Lipinski definition) is 0. The smallest absolute Gasteiger partial charge is 0.124 e. The summed E-state index contributed by atoms with van der Waals surface area (Å²) in [4.78, 5) is 2.48. The van der Waals surface area contributed by atoms with Crippen LogP contribution in [0.4, 0.5) is 0 Å². The normalized spacial score (nSPS) is 18.6. The van der Waals surface area contributed by atoms with Gasteiger partial charge in [-0.1, -0.05) is 35.5 Å². The second-order valence-electron chi connectivity index (χ2n) is 6.19. The van der Waals surface area contributed by atoms with Gasteiger partial charge < -0.3 is 4.52 Å². The topological polar surface area (TPSA) is 47.1 Å². The van der Waals surface area contributed by atoms with Gasteiger partial charge in [0.25, 0.3) is 0 Å². The molecule has 0 N–H and O–H groups in total. The zero-order valence-electron chi connectivity index (χ0n) is 13.2. The fraction of sp³-hybridized carbons (Fsp3) is 0.333. The Morgan fingerprint density at radius 1 is 1.22 bits per heavy atom. The molecule has 1 fully saturated rings. The molecule has 0 spiro atoms. The van der Waals surface area contributed by atoms with Crippen molar-refractivity contribution in [2.45, 2.75) is 18.9 Å². The van der Waals surface area contributed by atoms with Gasteiger partial charge in [0.2, 0.25) is 0 Å². The SMILES string of the molecule is Cn1cc(CN2CCC(c3ccon3)C2)c(-c2ccccc2)n1. The Labute approximate surface area is 135 Å². The van der Waals surface area contributed by atoms with Gasteiger partial charge in [-0.05, 0) is 13.0 Å². The van der Waals surface area contributed by atoms with Crippen LogP contribution in [0.1, 0.15) is 23.6 Å². The van der Waals surface area contributed by atoms with E-state index in [1.54, 1.807) is 6.26 Å². The largest absolute Gasteiger partial charge is 0.365 e. The molecule has 1 unspecified atom stereocenters. The zero-order valence-corrected chi connectivity index (χ0v) is 13.2. The van der Waals surface area contributed by atoms with Crippen molar-refractivity contribution < 1.29 is 4.52 Å². The first-order valence-corrected chi connectivity index (χ1v) is 8.00. The molecule has 1 aromatic carbocycles. The van der Waals surface area contributed by atoms with Gasteiger partial charge in [-0.15, -0.1) is 0 Å². The van der Waals surface area contributed by atoms with Gasteiger partial charge in [0.1, 0.15) is 6.26 Å². The van der Waals surface area contributed by atoms with Crippen molar-refractivity contribution in [1.82, 2.24) is 19.8 Å². The Kier molecular flexibility index (Phi) is 3.71. The van der Waals surface area contributed by atoms with Crippen molar-refractivity contribution in [2.24, 2.45) is 7.05 Å². The minimum absolute atomic E-state index is 0.477. The average molecular weight is 308 g/mol. The lowest BCUT2D eigenvalue weighted by Gasteiger charge is -2.15. The molecule has 3 heterocycles. The minimum Gasteiger partial charge on any atom is -0.365 e. The summed E-state index contributed by atoms with van der Waals surface area (Å²) >= 11 is 0. The van der Waals surface area contributed by atoms with E-state index in [-0.39, 0.29) is 0 Å². The number of benzene rings is 1. The van der Waals surface area contributed by atoms with Crippen LogP contribution in [-0.2, 0) is 13.6 Å². The highest BCUT2D eigenvalue weighted by Crippen LogP contribution is 2.29. The van der Waals surface area contributed by atoms with E-state index in [1.165, 1.54) is 11.1 Å². The van der Waals surface area contributed by atoms with Crippen LogP contribution in [0.25, 0.3) is 11.3 Å². The van der Waals surface area contributed by atoms with Gasteiger partial charge in [0.15, 0.2) is 0 Å². The maximum atomic E-state index is 4.98. The van der Waals surface area contributed by atoms with E-state index in [1.807, 2.05) is 23.9 Å². The Bertz CT molecular complexity index is 764. The Morgan fingerprint density at radius 3 is 2.87 bits per heavy atom. The highest BCUT2D eigenvalue weighted by Gasteiger charge is 2.26. The second-order valence-corrected chi connectivity index (χ2v) is 6.19. The van der Waals surface area contributed by atoms with Crippen LogP contribution in [0.15, 0.2) is 53.4 Å². The molecule has 1 aliphatic rings. The Morgan fingerprint density at radius 2 is 2.09 bits per heavy atom.